The number of nitrogens with one attached hydrogen (secondary N) is 1. The molecule has 0 radical (unpaired) electrons. The van der Waals surface area contributed by atoms with Crippen molar-refractivity contribution in [1.29, 1.82) is 0 Å². The molecule has 1 aromatic heterocycles. The molecular formula is C16H17N3. The summed E-state index contributed by atoms with van der Waals surface area (Å²) in [6.07, 6.45) is 4.41. The summed E-state index contributed by atoms with van der Waals surface area (Å²) in [6, 6.07) is 10.3. The van der Waals surface area contributed by atoms with Gasteiger partial charge in [-0.25, -0.2) is 4.98 Å². The Bertz CT molecular complexity index is 602. The number of H-pyrrole nitrogens is 1. The van der Waals surface area contributed by atoms with Crippen LogP contribution in [0, 0.1) is 23.7 Å². The van der Waals surface area contributed by atoms with Crippen LogP contribution in [0.1, 0.15) is 31.0 Å². The zero-order valence-corrected chi connectivity index (χ0v) is 10.8. The smallest absolute Gasteiger partial charge is 0.181 e. The summed E-state index contributed by atoms with van der Waals surface area (Å²) in [6.45, 7) is 0. The first kappa shape index (κ1) is 10.2. The zero-order valence-electron chi connectivity index (χ0n) is 10.8. The Kier molecular flexibility index (Phi) is 1.86. The number of benzene rings is 1. The summed E-state index contributed by atoms with van der Waals surface area (Å²) in [5.74, 6) is 6.52. The molecule has 1 N–H and O–H groups in total. The van der Waals surface area contributed by atoms with Crippen molar-refractivity contribution < 1.29 is 0 Å². The fraction of sp³-hybridized carbons (Fsp3) is 0.500. The van der Waals surface area contributed by atoms with E-state index in [2.05, 4.69) is 22.3 Å². The van der Waals surface area contributed by atoms with Gasteiger partial charge in [0, 0.05) is 11.5 Å². The van der Waals surface area contributed by atoms with Crippen LogP contribution in [0.3, 0.4) is 0 Å². The lowest BCUT2D eigenvalue weighted by Gasteiger charge is -2.04. The molecule has 96 valence electrons. The fourth-order valence-corrected chi connectivity index (χ4v) is 4.83. The van der Waals surface area contributed by atoms with E-state index in [1.165, 1.54) is 19.3 Å². The molecule has 0 saturated heterocycles. The highest BCUT2D eigenvalue weighted by Crippen LogP contribution is 2.72. The number of nitrogens with zero attached hydrogens (tertiary/aromatic N) is 2. The van der Waals surface area contributed by atoms with Crippen molar-refractivity contribution in [3.8, 4) is 11.4 Å². The largest absolute Gasteiger partial charge is 0.262 e. The Labute approximate surface area is 112 Å². The first-order valence-electron chi connectivity index (χ1n) is 7.39. The molecule has 3 aliphatic rings. The molecule has 3 fully saturated rings. The quantitative estimate of drug-likeness (QED) is 0.890. The molecule has 1 aromatic carbocycles. The summed E-state index contributed by atoms with van der Waals surface area (Å²) in [5.41, 5.74) is 1.11. The maximum Gasteiger partial charge on any atom is 0.181 e. The van der Waals surface area contributed by atoms with Gasteiger partial charge in [-0.3, -0.25) is 5.10 Å². The van der Waals surface area contributed by atoms with Gasteiger partial charge in [0.05, 0.1) is 0 Å². The first-order chi connectivity index (χ1) is 9.42. The monoisotopic (exact) mass is 251 g/mol. The minimum absolute atomic E-state index is 0.691. The van der Waals surface area contributed by atoms with Crippen LogP contribution in [0.15, 0.2) is 30.3 Å². The van der Waals surface area contributed by atoms with Gasteiger partial charge < -0.3 is 0 Å². The Morgan fingerprint density at radius 3 is 2.47 bits per heavy atom. The number of hydrogen-bond acceptors (Lipinski definition) is 2. The molecule has 2 bridgehead atoms. The predicted molar refractivity (Wildman–Crippen MR) is 72.4 cm³/mol. The van der Waals surface area contributed by atoms with E-state index < -0.39 is 0 Å². The molecular weight excluding hydrogens is 234 g/mol. The number of hydrogen-bond donors (Lipinski definition) is 1. The third-order valence-corrected chi connectivity index (χ3v) is 5.59. The van der Waals surface area contributed by atoms with Gasteiger partial charge in [0.25, 0.3) is 0 Å². The Morgan fingerprint density at radius 1 is 1.00 bits per heavy atom. The van der Waals surface area contributed by atoms with E-state index in [4.69, 9.17) is 4.98 Å². The van der Waals surface area contributed by atoms with Crippen LogP contribution in [0.5, 0.6) is 0 Å². The van der Waals surface area contributed by atoms with Crippen LogP contribution in [0.4, 0.5) is 0 Å². The van der Waals surface area contributed by atoms with E-state index in [0.717, 1.165) is 40.9 Å². The van der Waals surface area contributed by atoms with Gasteiger partial charge >= 0.3 is 0 Å². The average Bonchev–Trinajstić information content (AvgIpc) is 2.89. The number of aromatic nitrogens is 3. The average molecular weight is 251 g/mol. The molecule has 0 aliphatic heterocycles. The van der Waals surface area contributed by atoms with E-state index in [1.54, 1.807) is 0 Å². The van der Waals surface area contributed by atoms with Gasteiger partial charge in [-0.2, -0.15) is 5.10 Å². The van der Waals surface area contributed by atoms with Crippen molar-refractivity contribution in [1.82, 2.24) is 15.2 Å². The fourth-order valence-electron chi connectivity index (χ4n) is 4.83. The van der Waals surface area contributed by atoms with E-state index in [0.29, 0.717) is 5.92 Å². The molecule has 3 nitrogen and oxygen atoms in total. The molecule has 0 spiro atoms. The van der Waals surface area contributed by atoms with Crippen LogP contribution >= 0.6 is 0 Å². The van der Waals surface area contributed by atoms with E-state index >= 15 is 0 Å². The van der Waals surface area contributed by atoms with Crippen molar-refractivity contribution in [3.05, 3.63) is 36.2 Å². The zero-order chi connectivity index (χ0) is 12.4. The van der Waals surface area contributed by atoms with E-state index in [-0.39, 0.29) is 0 Å². The second-order valence-corrected chi connectivity index (χ2v) is 6.42. The molecule has 3 heteroatoms. The number of aromatic amines is 1. The molecule has 3 aliphatic carbocycles. The van der Waals surface area contributed by atoms with Gasteiger partial charge in [0.2, 0.25) is 0 Å². The van der Waals surface area contributed by atoms with Crippen LogP contribution < -0.4 is 0 Å². The van der Waals surface area contributed by atoms with Gasteiger partial charge in [0.15, 0.2) is 5.82 Å². The SMILES string of the molecule is c1ccc(-c2n[nH]c(C3C4C5CCC(C5)C34)n2)cc1. The Balaban J connectivity index is 1.45. The van der Waals surface area contributed by atoms with E-state index in [9.17, 15) is 0 Å². The van der Waals surface area contributed by atoms with Gasteiger partial charge in [-0.05, 0) is 42.9 Å². The number of fused-ring (bicyclic) bond motifs is 5. The molecule has 19 heavy (non-hydrogen) atoms. The number of rotatable bonds is 2. The Morgan fingerprint density at radius 2 is 1.74 bits per heavy atom. The van der Waals surface area contributed by atoms with E-state index in [1.807, 2.05) is 18.2 Å². The van der Waals surface area contributed by atoms with Crippen molar-refractivity contribution in [2.24, 2.45) is 23.7 Å². The lowest BCUT2D eigenvalue weighted by molar-refractivity contribution is 0.456. The van der Waals surface area contributed by atoms with Gasteiger partial charge in [-0.1, -0.05) is 30.3 Å². The molecule has 4 atom stereocenters. The molecule has 5 rings (SSSR count). The molecule has 4 unspecified atom stereocenters. The summed E-state index contributed by atoms with van der Waals surface area (Å²) in [5, 5.41) is 7.61. The van der Waals surface area contributed by atoms with Gasteiger partial charge in [0.1, 0.15) is 5.82 Å². The van der Waals surface area contributed by atoms with Crippen molar-refractivity contribution in [2.75, 3.05) is 0 Å². The summed E-state index contributed by atoms with van der Waals surface area (Å²) in [4.78, 5) is 4.76. The second kappa shape index (κ2) is 3.47. The second-order valence-electron chi connectivity index (χ2n) is 6.42. The molecule has 1 heterocycles. The molecule has 0 amide bonds. The Hall–Kier alpha value is -1.64. The highest BCUT2D eigenvalue weighted by atomic mass is 15.2. The summed E-state index contributed by atoms with van der Waals surface area (Å²) < 4.78 is 0. The van der Waals surface area contributed by atoms with Crippen molar-refractivity contribution in [3.63, 3.8) is 0 Å². The topological polar surface area (TPSA) is 41.6 Å². The van der Waals surface area contributed by atoms with Crippen molar-refractivity contribution in [2.45, 2.75) is 25.2 Å². The third-order valence-electron chi connectivity index (χ3n) is 5.59. The predicted octanol–water partition coefficient (Wildman–Crippen LogP) is 3.23. The highest BCUT2D eigenvalue weighted by Gasteiger charge is 2.66. The summed E-state index contributed by atoms with van der Waals surface area (Å²) in [7, 11) is 0. The lowest BCUT2D eigenvalue weighted by Crippen LogP contribution is -1.98. The molecule has 3 saturated carbocycles. The standard InChI is InChI=1S/C16H17N3/c1-2-4-9(5-3-1)15-17-16(19-18-15)14-12-10-6-7-11(8-10)13(12)14/h1-5,10-14H,6-8H2,(H,17,18,19). The van der Waals surface area contributed by atoms with Crippen LogP contribution in [0.2, 0.25) is 0 Å². The van der Waals surface area contributed by atoms with Crippen molar-refractivity contribution >= 4 is 0 Å². The normalized spacial score (nSPS) is 38.4. The first-order valence-corrected chi connectivity index (χ1v) is 7.39. The highest BCUT2D eigenvalue weighted by molar-refractivity contribution is 5.54. The maximum atomic E-state index is 4.76. The van der Waals surface area contributed by atoms with Crippen LogP contribution in [-0.2, 0) is 0 Å². The maximum absolute atomic E-state index is 4.76. The molecule has 2 aromatic rings. The third kappa shape index (κ3) is 1.33. The van der Waals surface area contributed by atoms with Crippen LogP contribution in [-0.4, -0.2) is 15.2 Å². The minimum Gasteiger partial charge on any atom is -0.262 e. The van der Waals surface area contributed by atoms with Crippen LogP contribution in [0.25, 0.3) is 11.4 Å². The summed E-state index contributed by atoms with van der Waals surface area (Å²) >= 11 is 0. The van der Waals surface area contributed by atoms with Gasteiger partial charge in [-0.15, -0.1) is 0 Å². The lowest BCUT2D eigenvalue weighted by atomic mass is 10.0. The minimum atomic E-state index is 0.691.